The standard InChI is InChI=1S/C13H15F2N/c1-3-13(4-2,9-16)8-10-5-11(14)7-12(15)6-10/h5-7H,3-4,8H2,1-2H3. The summed E-state index contributed by atoms with van der Waals surface area (Å²) in [7, 11) is 0. The summed E-state index contributed by atoms with van der Waals surface area (Å²) in [5.74, 6) is -1.18. The van der Waals surface area contributed by atoms with Crippen LogP contribution in [0, 0.1) is 28.4 Å². The highest BCUT2D eigenvalue weighted by atomic mass is 19.1. The first-order chi connectivity index (χ1) is 7.55. The Kier molecular flexibility index (Phi) is 4.00. The molecule has 0 aromatic heterocycles. The van der Waals surface area contributed by atoms with Crippen LogP contribution >= 0.6 is 0 Å². The maximum absolute atomic E-state index is 13.0. The van der Waals surface area contributed by atoms with Crippen LogP contribution in [0.25, 0.3) is 0 Å². The van der Waals surface area contributed by atoms with E-state index in [0.29, 0.717) is 24.8 Å². The third kappa shape index (κ3) is 2.79. The summed E-state index contributed by atoms with van der Waals surface area (Å²) in [5.41, 5.74) is 0.0306. The number of hydrogen-bond acceptors (Lipinski definition) is 1. The van der Waals surface area contributed by atoms with E-state index in [1.165, 1.54) is 12.1 Å². The fraction of sp³-hybridized carbons (Fsp3) is 0.462. The molecule has 1 nitrogen and oxygen atoms in total. The van der Waals surface area contributed by atoms with E-state index in [1.54, 1.807) is 0 Å². The lowest BCUT2D eigenvalue weighted by molar-refractivity contribution is 0.362. The van der Waals surface area contributed by atoms with Gasteiger partial charge in [-0.05, 0) is 37.0 Å². The average Bonchev–Trinajstić information content (AvgIpc) is 2.25. The Morgan fingerprint density at radius 2 is 1.62 bits per heavy atom. The van der Waals surface area contributed by atoms with E-state index in [2.05, 4.69) is 6.07 Å². The molecule has 16 heavy (non-hydrogen) atoms. The van der Waals surface area contributed by atoms with E-state index in [1.807, 2.05) is 13.8 Å². The number of halogens is 2. The Hall–Kier alpha value is -1.43. The highest BCUT2D eigenvalue weighted by molar-refractivity contribution is 5.21. The van der Waals surface area contributed by atoms with Crippen molar-refractivity contribution in [3.05, 3.63) is 35.4 Å². The molecular formula is C13H15F2N. The summed E-state index contributed by atoms with van der Waals surface area (Å²) in [6.07, 6.45) is 1.75. The van der Waals surface area contributed by atoms with Gasteiger partial charge in [0.05, 0.1) is 11.5 Å². The van der Waals surface area contributed by atoms with Gasteiger partial charge in [-0.1, -0.05) is 13.8 Å². The van der Waals surface area contributed by atoms with E-state index < -0.39 is 17.0 Å². The van der Waals surface area contributed by atoms with Crippen LogP contribution in [0.3, 0.4) is 0 Å². The number of nitriles is 1. The fourth-order valence-corrected chi connectivity index (χ4v) is 1.80. The second-order valence-corrected chi connectivity index (χ2v) is 4.05. The van der Waals surface area contributed by atoms with E-state index in [-0.39, 0.29) is 0 Å². The number of benzene rings is 1. The molecule has 1 aromatic carbocycles. The summed E-state index contributed by atoms with van der Waals surface area (Å²) in [6.45, 7) is 3.84. The summed E-state index contributed by atoms with van der Waals surface area (Å²) < 4.78 is 26.0. The van der Waals surface area contributed by atoms with Gasteiger partial charge >= 0.3 is 0 Å². The number of rotatable bonds is 4. The molecule has 0 saturated heterocycles. The smallest absolute Gasteiger partial charge is 0.126 e. The molecule has 0 unspecified atom stereocenters. The summed E-state index contributed by atoms with van der Waals surface area (Å²) in [4.78, 5) is 0. The molecule has 0 atom stereocenters. The van der Waals surface area contributed by atoms with Crippen molar-refractivity contribution in [3.8, 4) is 6.07 Å². The van der Waals surface area contributed by atoms with Gasteiger partial charge < -0.3 is 0 Å². The molecule has 0 bridgehead atoms. The molecule has 3 heteroatoms. The molecule has 0 fully saturated rings. The van der Waals surface area contributed by atoms with E-state index in [9.17, 15) is 8.78 Å². The molecule has 0 N–H and O–H groups in total. The van der Waals surface area contributed by atoms with E-state index in [4.69, 9.17) is 5.26 Å². The largest absolute Gasteiger partial charge is 0.207 e. The maximum Gasteiger partial charge on any atom is 0.126 e. The zero-order valence-corrected chi connectivity index (χ0v) is 9.56. The second-order valence-electron chi connectivity index (χ2n) is 4.05. The minimum absolute atomic E-state index is 0.394. The predicted molar refractivity (Wildman–Crippen MR) is 58.7 cm³/mol. The van der Waals surface area contributed by atoms with Crippen LogP contribution in [0.4, 0.5) is 8.78 Å². The fourth-order valence-electron chi connectivity index (χ4n) is 1.80. The van der Waals surface area contributed by atoms with E-state index in [0.717, 1.165) is 6.07 Å². The van der Waals surface area contributed by atoms with Crippen LogP contribution in [0.15, 0.2) is 18.2 Å². The SMILES string of the molecule is CCC(C#N)(CC)Cc1cc(F)cc(F)c1. The molecule has 0 aliphatic heterocycles. The quantitative estimate of drug-likeness (QED) is 0.760. The lowest BCUT2D eigenvalue weighted by Crippen LogP contribution is -2.19. The maximum atomic E-state index is 13.0. The predicted octanol–water partition coefficient (Wildman–Crippen LogP) is 3.84. The minimum Gasteiger partial charge on any atom is -0.207 e. The average molecular weight is 223 g/mol. The van der Waals surface area contributed by atoms with Crippen molar-refractivity contribution < 1.29 is 8.78 Å². The first kappa shape index (κ1) is 12.6. The Labute approximate surface area is 94.7 Å². The highest BCUT2D eigenvalue weighted by Crippen LogP contribution is 2.30. The van der Waals surface area contributed by atoms with Crippen molar-refractivity contribution in [2.45, 2.75) is 33.1 Å². The van der Waals surface area contributed by atoms with Gasteiger partial charge in [0.1, 0.15) is 11.6 Å². The van der Waals surface area contributed by atoms with Crippen molar-refractivity contribution >= 4 is 0 Å². The van der Waals surface area contributed by atoms with Crippen molar-refractivity contribution in [2.24, 2.45) is 5.41 Å². The van der Waals surface area contributed by atoms with Gasteiger partial charge in [-0.2, -0.15) is 5.26 Å². The minimum atomic E-state index is -0.589. The number of hydrogen-bond donors (Lipinski definition) is 0. The summed E-state index contributed by atoms with van der Waals surface area (Å²) in [6, 6.07) is 5.68. The third-order valence-electron chi connectivity index (χ3n) is 3.06. The molecule has 1 aromatic rings. The van der Waals surface area contributed by atoms with Gasteiger partial charge in [-0.15, -0.1) is 0 Å². The Morgan fingerprint density at radius 1 is 1.12 bits per heavy atom. The molecule has 0 aliphatic rings. The van der Waals surface area contributed by atoms with Gasteiger partial charge in [-0.3, -0.25) is 0 Å². The molecule has 0 aliphatic carbocycles. The van der Waals surface area contributed by atoms with Gasteiger partial charge in [0.2, 0.25) is 0 Å². The van der Waals surface area contributed by atoms with Crippen LogP contribution in [0.5, 0.6) is 0 Å². The van der Waals surface area contributed by atoms with Gasteiger partial charge in [0.15, 0.2) is 0 Å². The normalized spacial score (nSPS) is 11.2. The first-order valence-electron chi connectivity index (χ1n) is 5.41. The van der Waals surface area contributed by atoms with Gasteiger partial charge in [0, 0.05) is 6.07 Å². The Morgan fingerprint density at radius 3 is 2.00 bits per heavy atom. The summed E-state index contributed by atoms with van der Waals surface area (Å²) >= 11 is 0. The molecule has 86 valence electrons. The van der Waals surface area contributed by atoms with Crippen LogP contribution in [0.2, 0.25) is 0 Å². The Bertz CT molecular complexity index is 383. The van der Waals surface area contributed by atoms with Gasteiger partial charge in [-0.25, -0.2) is 8.78 Å². The molecule has 1 rings (SSSR count). The molecule has 0 amide bonds. The zero-order valence-electron chi connectivity index (χ0n) is 9.56. The lowest BCUT2D eigenvalue weighted by Gasteiger charge is -2.23. The topological polar surface area (TPSA) is 23.8 Å². The van der Waals surface area contributed by atoms with Crippen molar-refractivity contribution in [3.63, 3.8) is 0 Å². The van der Waals surface area contributed by atoms with Crippen LogP contribution < -0.4 is 0 Å². The molecule has 0 spiro atoms. The van der Waals surface area contributed by atoms with Crippen molar-refractivity contribution in [1.29, 1.82) is 5.26 Å². The molecule has 0 saturated carbocycles. The van der Waals surface area contributed by atoms with Crippen LogP contribution in [0.1, 0.15) is 32.3 Å². The van der Waals surface area contributed by atoms with Crippen LogP contribution in [-0.2, 0) is 6.42 Å². The first-order valence-corrected chi connectivity index (χ1v) is 5.41. The van der Waals surface area contributed by atoms with Crippen molar-refractivity contribution in [2.75, 3.05) is 0 Å². The number of nitrogens with zero attached hydrogens (tertiary/aromatic N) is 1. The Balaban J connectivity index is 2.99. The van der Waals surface area contributed by atoms with Crippen LogP contribution in [-0.4, -0.2) is 0 Å². The zero-order chi connectivity index (χ0) is 12.2. The molecule has 0 radical (unpaired) electrons. The van der Waals surface area contributed by atoms with Gasteiger partial charge in [0.25, 0.3) is 0 Å². The molecular weight excluding hydrogens is 208 g/mol. The monoisotopic (exact) mass is 223 g/mol. The molecule has 0 heterocycles. The third-order valence-corrected chi connectivity index (χ3v) is 3.06. The summed E-state index contributed by atoms with van der Waals surface area (Å²) in [5, 5.41) is 9.14. The highest BCUT2D eigenvalue weighted by Gasteiger charge is 2.26. The van der Waals surface area contributed by atoms with E-state index >= 15 is 0 Å². The second kappa shape index (κ2) is 5.07. The lowest BCUT2D eigenvalue weighted by atomic mass is 9.78. The van der Waals surface area contributed by atoms with Crippen molar-refractivity contribution in [1.82, 2.24) is 0 Å².